The average molecular weight is 225 g/mol. The zero-order chi connectivity index (χ0) is 12.3. The Bertz CT molecular complexity index is 544. The van der Waals surface area contributed by atoms with Crippen molar-refractivity contribution in [3.8, 4) is 6.07 Å². The van der Waals surface area contributed by atoms with E-state index in [1.807, 2.05) is 6.92 Å². The van der Waals surface area contributed by atoms with Crippen LogP contribution in [0.1, 0.15) is 29.4 Å². The van der Waals surface area contributed by atoms with E-state index < -0.39 is 0 Å². The van der Waals surface area contributed by atoms with Gasteiger partial charge < -0.3 is 0 Å². The summed E-state index contributed by atoms with van der Waals surface area (Å²) in [6, 6.07) is 12.4. The fourth-order valence-corrected chi connectivity index (χ4v) is 1.81. The number of hydrogen-bond donors (Lipinski definition) is 0. The standard InChI is InChI=1S/C14H15N3/c1-3-12-4-6-13(7-5-12)10-17-14(9-15)8-11(2)16-17/h4-8H,3,10H2,1-2H3. The van der Waals surface area contributed by atoms with Crippen LogP contribution in [0.15, 0.2) is 30.3 Å². The molecule has 0 fully saturated rings. The normalized spacial score (nSPS) is 10.2. The van der Waals surface area contributed by atoms with Gasteiger partial charge in [0.1, 0.15) is 11.8 Å². The molecular formula is C14H15N3. The van der Waals surface area contributed by atoms with Crippen LogP contribution in [0.2, 0.25) is 0 Å². The highest BCUT2D eigenvalue weighted by Gasteiger charge is 2.04. The van der Waals surface area contributed by atoms with Gasteiger partial charge in [0.25, 0.3) is 0 Å². The molecule has 1 heterocycles. The van der Waals surface area contributed by atoms with Crippen molar-refractivity contribution in [2.45, 2.75) is 26.8 Å². The third-order valence-corrected chi connectivity index (χ3v) is 2.78. The molecule has 3 nitrogen and oxygen atoms in total. The maximum atomic E-state index is 8.98. The third-order valence-electron chi connectivity index (χ3n) is 2.78. The molecule has 0 saturated carbocycles. The molecule has 0 atom stereocenters. The second-order valence-electron chi connectivity index (χ2n) is 4.11. The molecule has 1 aromatic heterocycles. The van der Waals surface area contributed by atoms with Gasteiger partial charge in [-0.15, -0.1) is 0 Å². The van der Waals surface area contributed by atoms with Gasteiger partial charge in [-0.25, -0.2) is 0 Å². The molecule has 0 N–H and O–H groups in total. The Morgan fingerprint density at radius 3 is 2.47 bits per heavy atom. The lowest BCUT2D eigenvalue weighted by Crippen LogP contribution is -2.04. The highest BCUT2D eigenvalue weighted by molar-refractivity contribution is 5.26. The molecule has 0 radical (unpaired) electrons. The molecule has 3 heteroatoms. The van der Waals surface area contributed by atoms with E-state index in [-0.39, 0.29) is 0 Å². The van der Waals surface area contributed by atoms with Gasteiger partial charge in [-0.2, -0.15) is 10.4 Å². The summed E-state index contributed by atoms with van der Waals surface area (Å²) in [6.07, 6.45) is 1.05. The van der Waals surface area contributed by atoms with E-state index in [0.29, 0.717) is 12.2 Å². The number of rotatable bonds is 3. The van der Waals surface area contributed by atoms with Crippen LogP contribution in [0.3, 0.4) is 0 Å². The molecule has 0 bridgehead atoms. The smallest absolute Gasteiger partial charge is 0.139 e. The predicted octanol–water partition coefficient (Wildman–Crippen LogP) is 2.67. The van der Waals surface area contributed by atoms with Gasteiger partial charge in [0.15, 0.2) is 0 Å². The van der Waals surface area contributed by atoms with Crippen LogP contribution in [-0.2, 0) is 13.0 Å². The van der Waals surface area contributed by atoms with Crippen molar-refractivity contribution in [1.82, 2.24) is 9.78 Å². The van der Waals surface area contributed by atoms with Crippen molar-refractivity contribution in [3.05, 3.63) is 52.8 Å². The van der Waals surface area contributed by atoms with Crippen molar-refractivity contribution in [2.24, 2.45) is 0 Å². The number of nitrogens with zero attached hydrogens (tertiary/aromatic N) is 3. The SMILES string of the molecule is CCc1ccc(Cn2nc(C)cc2C#N)cc1. The summed E-state index contributed by atoms with van der Waals surface area (Å²) >= 11 is 0. The van der Waals surface area contributed by atoms with E-state index in [4.69, 9.17) is 5.26 Å². The van der Waals surface area contributed by atoms with Crippen molar-refractivity contribution in [2.75, 3.05) is 0 Å². The molecule has 0 aliphatic heterocycles. The Hall–Kier alpha value is -2.08. The highest BCUT2D eigenvalue weighted by Crippen LogP contribution is 2.09. The molecule has 0 aliphatic carbocycles. The molecule has 17 heavy (non-hydrogen) atoms. The largest absolute Gasteiger partial charge is 0.250 e. The fourth-order valence-electron chi connectivity index (χ4n) is 1.81. The Labute approximate surface area is 101 Å². The molecule has 2 aromatic rings. The van der Waals surface area contributed by atoms with Crippen LogP contribution in [0.25, 0.3) is 0 Å². The summed E-state index contributed by atoms with van der Waals surface area (Å²) in [5.41, 5.74) is 3.99. The lowest BCUT2D eigenvalue weighted by Gasteiger charge is -2.04. The van der Waals surface area contributed by atoms with E-state index in [2.05, 4.69) is 42.4 Å². The van der Waals surface area contributed by atoms with Crippen LogP contribution in [0.5, 0.6) is 0 Å². The summed E-state index contributed by atoms with van der Waals surface area (Å²) in [5.74, 6) is 0. The Balaban J connectivity index is 2.22. The van der Waals surface area contributed by atoms with Gasteiger partial charge in [0.05, 0.1) is 12.2 Å². The van der Waals surface area contributed by atoms with Crippen molar-refractivity contribution >= 4 is 0 Å². The van der Waals surface area contributed by atoms with Gasteiger partial charge in [0.2, 0.25) is 0 Å². The molecule has 2 rings (SSSR count). The maximum Gasteiger partial charge on any atom is 0.139 e. The second kappa shape index (κ2) is 4.84. The van der Waals surface area contributed by atoms with E-state index >= 15 is 0 Å². The van der Waals surface area contributed by atoms with Gasteiger partial charge in [-0.05, 0) is 30.5 Å². The van der Waals surface area contributed by atoms with E-state index in [1.54, 1.807) is 10.7 Å². The van der Waals surface area contributed by atoms with E-state index in [0.717, 1.165) is 12.1 Å². The summed E-state index contributed by atoms with van der Waals surface area (Å²) in [4.78, 5) is 0. The number of benzene rings is 1. The molecule has 0 unspecified atom stereocenters. The maximum absolute atomic E-state index is 8.98. The van der Waals surface area contributed by atoms with Gasteiger partial charge in [0, 0.05) is 0 Å². The average Bonchev–Trinajstić information content (AvgIpc) is 2.70. The summed E-state index contributed by atoms with van der Waals surface area (Å²) < 4.78 is 1.75. The minimum atomic E-state index is 0.613. The quantitative estimate of drug-likeness (QED) is 0.805. The minimum absolute atomic E-state index is 0.613. The number of aromatic nitrogens is 2. The third kappa shape index (κ3) is 2.54. The molecule has 86 valence electrons. The first kappa shape index (κ1) is 11.4. The van der Waals surface area contributed by atoms with Gasteiger partial charge in [-0.1, -0.05) is 31.2 Å². The monoisotopic (exact) mass is 225 g/mol. The minimum Gasteiger partial charge on any atom is -0.250 e. The van der Waals surface area contributed by atoms with Crippen LogP contribution >= 0.6 is 0 Å². The Morgan fingerprint density at radius 1 is 1.24 bits per heavy atom. The van der Waals surface area contributed by atoms with Gasteiger partial charge >= 0.3 is 0 Å². The van der Waals surface area contributed by atoms with Crippen molar-refractivity contribution in [3.63, 3.8) is 0 Å². The lowest BCUT2D eigenvalue weighted by molar-refractivity contribution is 0.670. The predicted molar refractivity (Wildman–Crippen MR) is 66.6 cm³/mol. The van der Waals surface area contributed by atoms with Crippen LogP contribution < -0.4 is 0 Å². The van der Waals surface area contributed by atoms with Crippen LogP contribution in [0, 0.1) is 18.3 Å². The van der Waals surface area contributed by atoms with Crippen LogP contribution in [-0.4, -0.2) is 9.78 Å². The second-order valence-corrected chi connectivity index (χ2v) is 4.11. The van der Waals surface area contributed by atoms with E-state index in [9.17, 15) is 0 Å². The van der Waals surface area contributed by atoms with Crippen molar-refractivity contribution in [1.29, 1.82) is 5.26 Å². The first-order chi connectivity index (χ1) is 8.22. The summed E-state index contributed by atoms with van der Waals surface area (Å²) in [5, 5.41) is 13.3. The van der Waals surface area contributed by atoms with Crippen molar-refractivity contribution < 1.29 is 0 Å². The number of hydrogen-bond acceptors (Lipinski definition) is 2. The summed E-state index contributed by atoms with van der Waals surface area (Å²) in [7, 11) is 0. The molecule has 0 spiro atoms. The van der Waals surface area contributed by atoms with Gasteiger partial charge in [-0.3, -0.25) is 4.68 Å². The number of aryl methyl sites for hydroxylation is 2. The zero-order valence-electron chi connectivity index (χ0n) is 10.1. The first-order valence-electron chi connectivity index (χ1n) is 5.75. The molecule has 1 aromatic carbocycles. The van der Waals surface area contributed by atoms with E-state index in [1.165, 1.54) is 11.1 Å². The number of nitriles is 1. The molecular weight excluding hydrogens is 210 g/mol. The molecule has 0 saturated heterocycles. The Kier molecular flexibility index (Phi) is 3.24. The Morgan fingerprint density at radius 2 is 1.88 bits per heavy atom. The topological polar surface area (TPSA) is 41.6 Å². The van der Waals surface area contributed by atoms with Crippen LogP contribution in [0.4, 0.5) is 0 Å². The highest BCUT2D eigenvalue weighted by atomic mass is 15.3. The molecule has 0 amide bonds. The molecule has 0 aliphatic rings. The first-order valence-corrected chi connectivity index (χ1v) is 5.75. The summed E-state index contributed by atoms with van der Waals surface area (Å²) in [6.45, 7) is 4.69. The fraction of sp³-hybridized carbons (Fsp3) is 0.286. The lowest BCUT2D eigenvalue weighted by atomic mass is 10.1. The zero-order valence-corrected chi connectivity index (χ0v) is 10.1.